The number of halogens is 1. The van der Waals surface area contributed by atoms with Crippen LogP contribution in [0.3, 0.4) is 0 Å². The van der Waals surface area contributed by atoms with Crippen LogP contribution in [0.1, 0.15) is 36.6 Å². The highest BCUT2D eigenvalue weighted by molar-refractivity contribution is 7.71. The van der Waals surface area contributed by atoms with Gasteiger partial charge in [0.1, 0.15) is 4.64 Å². The van der Waals surface area contributed by atoms with E-state index >= 15 is 0 Å². The Morgan fingerprint density at radius 2 is 1.78 bits per heavy atom. The standard InChI is InChI=1S/C22H24ClN3S/c1-25-13-4-5-18(12-14-25)26-22(27)20-7-3-2-6-19(20)21(24-26)15-16-8-10-17(23)11-9-16/h2-3,6-11,18H,4-5,12-15H2,1H3. The van der Waals surface area contributed by atoms with Gasteiger partial charge in [0.2, 0.25) is 0 Å². The molecule has 3 aromatic rings. The highest BCUT2D eigenvalue weighted by Gasteiger charge is 2.19. The SMILES string of the molecule is CN1CCCC(n2nc(Cc3ccc(Cl)cc3)c3ccccc3c2=S)CC1. The van der Waals surface area contributed by atoms with E-state index in [1.807, 2.05) is 12.1 Å². The molecule has 1 aliphatic rings. The van der Waals surface area contributed by atoms with Crippen LogP contribution in [0, 0.1) is 4.64 Å². The highest BCUT2D eigenvalue weighted by Crippen LogP contribution is 2.27. The van der Waals surface area contributed by atoms with Gasteiger partial charge in [-0.2, -0.15) is 5.10 Å². The maximum atomic E-state index is 6.05. The molecule has 1 saturated heterocycles. The predicted octanol–water partition coefficient (Wildman–Crippen LogP) is 5.67. The molecule has 2 heterocycles. The molecule has 0 aliphatic carbocycles. The predicted molar refractivity (Wildman–Crippen MR) is 115 cm³/mol. The fourth-order valence-corrected chi connectivity index (χ4v) is 4.41. The summed E-state index contributed by atoms with van der Waals surface area (Å²) in [4.78, 5) is 2.40. The molecule has 2 aromatic carbocycles. The number of benzene rings is 2. The highest BCUT2D eigenvalue weighted by atomic mass is 35.5. The van der Waals surface area contributed by atoms with Gasteiger partial charge in [-0.1, -0.05) is 60.2 Å². The average Bonchev–Trinajstić information content (AvgIpc) is 2.90. The van der Waals surface area contributed by atoms with Crippen molar-refractivity contribution in [2.24, 2.45) is 0 Å². The first-order chi connectivity index (χ1) is 13.1. The van der Waals surface area contributed by atoms with E-state index in [0.29, 0.717) is 6.04 Å². The van der Waals surface area contributed by atoms with Crippen molar-refractivity contribution in [3.05, 3.63) is 69.5 Å². The first-order valence-corrected chi connectivity index (χ1v) is 10.3. The van der Waals surface area contributed by atoms with Crippen molar-refractivity contribution >= 4 is 34.6 Å². The van der Waals surface area contributed by atoms with Crippen LogP contribution >= 0.6 is 23.8 Å². The van der Waals surface area contributed by atoms with Crippen molar-refractivity contribution in [2.75, 3.05) is 20.1 Å². The fraction of sp³-hybridized carbons (Fsp3) is 0.364. The van der Waals surface area contributed by atoms with E-state index in [9.17, 15) is 0 Å². The van der Waals surface area contributed by atoms with E-state index in [4.69, 9.17) is 28.9 Å². The molecule has 0 spiro atoms. The van der Waals surface area contributed by atoms with Crippen molar-refractivity contribution in [3.8, 4) is 0 Å². The molecule has 0 radical (unpaired) electrons. The summed E-state index contributed by atoms with van der Waals surface area (Å²) in [7, 11) is 2.20. The quantitative estimate of drug-likeness (QED) is 0.531. The largest absolute Gasteiger partial charge is 0.306 e. The molecule has 1 aliphatic heterocycles. The minimum atomic E-state index is 0.371. The summed E-state index contributed by atoms with van der Waals surface area (Å²) in [6.07, 6.45) is 4.19. The molecule has 1 aromatic heterocycles. The molecule has 5 heteroatoms. The molecule has 1 atom stereocenters. The molecule has 1 fully saturated rings. The van der Waals surface area contributed by atoms with Crippen molar-refractivity contribution in [1.29, 1.82) is 0 Å². The molecule has 27 heavy (non-hydrogen) atoms. The summed E-state index contributed by atoms with van der Waals surface area (Å²) in [6.45, 7) is 2.24. The smallest absolute Gasteiger partial charge is 0.130 e. The molecule has 0 N–H and O–H groups in total. The third-order valence-corrected chi connectivity index (χ3v) is 6.12. The van der Waals surface area contributed by atoms with Crippen molar-refractivity contribution < 1.29 is 0 Å². The summed E-state index contributed by atoms with van der Waals surface area (Å²) < 4.78 is 2.99. The average molecular weight is 398 g/mol. The van der Waals surface area contributed by atoms with Crippen LogP contribution in [0.15, 0.2) is 48.5 Å². The summed E-state index contributed by atoms with van der Waals surface area (Å²) in [5, 5.41) is 8.11. The van der Waals surface area contributed by atoms with Gasteiger partial charge in [-0.3, -0.25) is 4.68 Å². The first kappa shape index (κ1) is 18.6. The second-order valence-electron chi connectivity index (χ2n) is 7.43. The minimum Gasteiger partial charge on any atom is -0.306 e. The lowest BCUT2D eigenvalue weighted by Crippen LogP contribution is -2.20. The summed E-state index contributed by atoms with van der Waals surface area (Å²) >= 11 is 11.9. The normalized spacial score (nSPS) is 18.5. The van der Waals surface area contributed by atoms with E-state index in [2.05, 4.69) is 53.0 Å². The molecule has 140 valence electrons. The molecule has 0 bridgehead atoms. The van der Waals surface area contributed by atoms with E-state index in [1.165, 1.54) is 12.0 Å². The van der Waals surface area contributed by atoms with Gasteiger partial charge in [0.15, 0.2) is 0 Å². The Morgan fingerprint density at radius 1 is 1.04 bits per heavy atom. The number of aromatic nitrogens is 2. The van der Waals surface area contributed by atoms with E-state index < -0.39 is 0 Å². The molecular weight excluding hydrogens is 374 g/mol. The van der Waals surface area contributed by atoms with Crippen LogP contribution in [0.4, 0.5) is 0 Å². The van der Waals surface area contributed by atoms with Gasteiger partial charge >= 0.3 is 0 Å². The number of hydrogen-bond donors (Lipinski definition) is 0. The van der Waals surface area contributed by atoms with Gasteiger partial charge in [-0.05, 0) is 57.1 Å². The van der Waals surface area contributed by atoms with E-state index in [0.717, 1.165) is 58.5 Å². The zero-order valence-corrected chi connectivity index (χ0v) is 17.1. The van der Waals surface area contributed by atoms with Crippen molar-refractivity contribution in [1.82, 2.24) is 14.7 Å². The lowest BCUT2D eigenvalue weighted by molar-refractivity contribution is 0.335. The zero-order chi connectivity index (χ0) is 18.8. The Bertz CT molecular complexity index is 997. The molecule has 3 nitrogen and oxygen atoms in total. The number of rotatable bonds is 3. The third-order valence-electron chi connectivity index (χ3n) is 5.46. The van der Waals surface area contributed by atoms with E-state index in [1.54, 1.807) is 0 Å². The second-order valence-corrected chi connectivity index (χ2v) is 8.26. The van der Waals surface area contributed by atoms with E-state index in [-0.39, 0.29) is 0 Å². The summed E-state index contributed by atoms with van der Waals surface area (Å²) in [5.41, 5.74) is 2.29. The second kappa shape index (κ2) is 8.09. The Hall–Kier alpha value is -1.75. The van der Waals surface area contributed by atoms with Crippen LogP contribution < -0.4 is 0 Å². The maximum Gasteiger partial charge on any atom is 0.130 e. The van der Waals surface area contributed by atoms with Crippen LogP contribution in [0.2, 0.25) is 5.02 Å². The molecule has 4 rings (SSSR count). The van der Waals surface area contributed by atoms with Crippen LogP contribution in [0.5, 0.6) is 0 Å². The zero-order valence-electron chi connectivity index (χ0n) is 15.6. The van der Waals surface area contributed by atoms with Crippen LogP contribution in [0.25, 0.3) is 10.8 Å². The maximum absolute atomic E-state index is 6.05. The number of nitrogens with zero attached hydrogens (tertiary/aromatic N) is 3. The Morgan fingerprint density at radius 3 is 2.56 bits per heavy atom. The number of hydrogen-bond acceptors (Lipinski definition) is 3. The Balaban J connectivity index is 1.79. The lowest BCUT2D eigenvalue weighted by Gasteiger charge is -2.20. The van der Waals surface area contributed by atoms with Gasteiger partial charge in [-0.25, -0.2) is 0 Å². The van der Waals surface area contributed by atoms with Crippen molar-refractivity contribution in [2.45, 2.75) is 31.7 Å². The molecule has 0 saturated carbocycles. The monoisotopic (exact) mass is 397 g/mol. The van der Waals surface area contributed by atoms with Gasteiger partial charge in [0, 0.05) is 22.2 Å². The van der Waals surface area contributed by atoms with Gasteiger partial charge in [0.25, 0.3) is 0 Å². The lowest BCUT2D eigenvalue weighted by atomic mass is 10.0. The topological polar surface area (TPSA) is 21.1 Å². The third kappa shape index (κ3) is 4.08. The molecular formula is C22H24ClN3S. The fourth-order valence-electron chi connectivity index (χ4n) is 3.91. The first-order valence-electron chi connectivity index (χ1n) is 9.55. The Labute approximate surface area is 170 Å². The van der Waals surface area contributed by atoms with Gasteiger partial charge < -0.3 is 4.90 Å². The van der Waals surface area contributed by atoms with Gasteiger partial charge in [-0.15, -0.1) is 0 Å². The number of fused-ring (bicyclic) bond motifs is 1. The van der Waals surface area contributed by atoms with Gasteiger partial charge in [0.05, 0.1) is 11.7 Å². The van der Waals surface area contributed by atoms with Crippen LogP contribution in [-0.2, 0) is 6.42 Å². The van der Waals surface area contributed by atoms with Crippen molar-refractivity contribution in [3.63, 3.8) is 0 Å². The molecule has 1 unspecified atom stereocenters. The Kier molecular flexibility index (Phi) is 5.58. The number of likely N-dealkylation sites (tertiary alicyclic amines) is 1. The minimum absolute atomic E-state index is 0.371. The summed E-state index contributed by atoms with van der Waals surface area (Å²) in [6, 6.07) is 16.8. The van der Waals surface area contributed by atoms with Crippen LogP contribution in [-0.4, -0.2) is 34.8 Å². The molecule has 0 amide bonds. The summed E-state index contributed by atoms with van der Waals surface area (Å²) in [5.74, 6) is 0.